The van der Waals surface area contributed by atoms with Crippen LogP contribution in [0.4, 0.5) is 5.69 Å². The van der Waals surface area contributed by atoms with Gasteiger partial charge >= 0.3 is 5.97 Å². The summed E-state index contributed by atoms with van der Waals surface area (Å²) in [6, 6.07) is 6.92. The SMILES string of the molecule is Cc1nn(C)c(=O)c(C(=O)Nc2cccc(CCC(=O)O)c2)c1C. The molecule has 0 atom stereocenters. The zero-order chi connectivity index (χ0) is 17.9. The Morgan fingerprint density at radius 3 is 2.67 bits per heavy atom. The first kappa shape index (κ1) is 17.4. The summed E-state index contributed by atoms with van der Waals surface area (Å²) in [5.74, 6) is -1.38. The third kappa shape index (κ3) is 3.87. The first-order valence-corrected chi connectivity index (χ1v) is 7.46. The number of hydrogen-bond acceptors (Lipinski definition) is 4. The number of carbonyl (C=O) groups is 2. The van der Waals surface area contributed by atoms with Crippen LogP contribution in [0.1, 0.15) is 33.6 Å². The molecule has 0 aliphatic carbocycles. The lowest BCUT2D eigenvalue weighted by atomic mass is 10.1. The Morgan fingerprint density at radius 1 is 1.29 bits per heavy atom. The monoisotopic (exact) mass is 329 g/mol. The van der Waals surface area contributed by atoms with Crippen molar-refractivity contribution in [3.8, 4) is 0 Å². The number of carboxylic acids is 1. The van der Waals surface area contributed by atoms with Crippen molar-refractivity contribution >= 4 is 17.6 Å². The van der Waals surface area contributed by atoms with E-state index in [0.717, 1.165) is 10.2 Å². The van der Waals surface area contributed by atoms with Crippen LogP contribution in [-0.2, 0) is 18.3 Å². The van der Waals surface area contributed by atoms with Gasteiger partial charge in [-0.25, -0.2) is 4.68 Å². The summed E-state index contributed by atoms with van der Waals surface area (Å²) in [4.78, 5) is 35.3. The molecule has 7 heteroatoms. The fourth-order valence-electron chi connectivity index (χ4n) is 2.37. The van der Waals surface area contributed by atoms with Gasteiger partial charge in [0.1, 0.15) is 5.56 Å². The van der Waals surface area contributed by atoms with Crippen LogP contribution < -0.4 is 10.9 Å². The van der Waals surface area contributed by atoms with Crippen LogP contribution in [0.3, 0.4) is 0 Å². The van der Waals surface area contributed by atoms with Crippen LogP contribution in [0.2, 0.25) is 0 Å². The third-order valence-electron chi connectivity index (χ3n) is 3.76. The van der Waals surface area contributed by atoms with Crippen LogP contribution in [0, 0.1) is 13.8 Å². The normalized spacial score (nSPS) is 10.5. The zero-order valence-corrected chi connectivity index (χ0v) is 13.8. The molecule has 0 unspecified atom stereocenters. The van der Waals surface area contributed by atoms with Crippen molar-refractivity contribution in [2.24, 2.45) is 7.05 Å². The number of carbonyl (C=O) groups excluding carboxylic acids is 1. The van der Waals surface area contributed by atoms with E-state index in [0.29, 0.717) is 23.4 Å². The topological polar surface area (TPSA) is 101 Å². The lowest BCUT2D eigenvalue weighted by Gasteiger charge is -2.11. The number of aromatic nitrogens is 2. The molecule has 7 nitrogen and oxygen atoms in total. The van der Waals surface area contributed by atoms with Gasteiger partial charge in [-0.2, -0.15) is 5.10 Å². The Kier molecular flexibility index (Phi) is 5.13. The maximum absolute atomic E-state index is 12.5. The minimum absolute atomic E-state index is 0.0145. The molecule has 24 heavy (non-hydrogen) atoms. The van der Waals surface area contributed by atoms with E-state index in [-0.39, 0.29) is 12.0 Å². The van der Waals surface area contributed by atoms with Crippen LogP contribution in [0.25, 0.3) is 0 Å². The van der Waals surface area contributed by atoms with Gasteiger partial charge in [0.05, 0.1) is 5.69 Å². The molecular formula is C17H19N3O4. The van der Waals surface area contributed by atoms with Crippen molar-refractivity contribution in [1.82, 2.24) is 9.78 Å². The minimum Gasteiger partial charge on any atom is -0.481 e. The van der Waals surface area contributed by atoms with Crippen LogP contribution in [0.15, 0.2) is 29.1 Å². The van der Waals surface area contributed by atoms with Gasteiger partial charge in [-0.3, -0.25) is 14.4 Å². The molecule has 1 heterocycles. The number of nitrogens with zero attached hydrogens (tertiary/aromatic N) is 2. The molecule has 126 valence electrons. The molecule has 1 aromatic heterocycles. The van der Waals surface area contributed by atoms with Crippen molar-refractivity contribution in [3.05, 3.63) is 57.0 Å². The van der Waals surface area contributed by atoms with E-state index in [2.05, 4.69) is 10.4 Å². The molecule has 2 aromatic rings. The van der Waals surface area contributed by atoms with Gasteiger partial charge in [0.15, 0.2) is 0 Å². The molecule has 0 bridgehead atoms. The van der Waals surface area contributed by atoms with Gasteiger partial charge in [-0.1, -0.05) is 12.1 Å². The van der Waals surface area contributed by atoms with Crippen molar-refractivity contribution in [2.75, 3.05) is 5.32 Å². The second kappa shape index (κ2) is 7.08. The molecule has 2 rings (SSSR count). The van der Waals surface area contributed by atoms with Crippen LogP contribution in [-0.4, -0.2) is 26.8 Å². The van der Waals surface area contributed by atoms with Gasteiger partial charge in [-0.15, -0.1) is 0 Å². The van der Waals surface area contributed by atoms with Crippen molar-refractivity contribution in [3.63, 3.8) is 0 Å². The maximum Gasteiger partial charge on any atom is 0.303 e. The molecular weight excluding hydrogens is 310 g/mol. The summed E-state index contributed by atoms with van der Waals surface area (Å²) in [5, 5.41) is 15.5. The molecule has 2 N–H and O–H groups in total. The fraction of sp³-hybridized carbons (Fsp3) is 0.294. The quantitative estimate of drug-likeness (QED) is 0.869. The molecule has 0 saturated carbocycles. The third-order valence-corrected chi connectivity index (χ3v) is 3.76. The van der Waals surface area contributed by atoms with Crippen molar-refractivity contribution in [1.29, 1.82) is 0 Å². The summed E-state index contributed by atoms with van der Waals surface area (Å²) in [7, 11) is 1.50. The van der Waals surface area contributed by atoms with E-state index in [1.807, 2.05) is 0 Å². The Morgan fingerprint density at radius 2 is 2.00 bits per heavy atom. The second-order valence-corrected chi connectivity index (χ2v) is 5.56. The number of hydrogen-bond donors (Lipinski definition) is 2. The molecule has 0 saturated heterocycles. The average molecular weight is 329 g/mol. The smallest absolute Gasteiger partial charge is 0.303 e. The summed E-state index contributed by atoms with van der Waals surface area (Å²) in [6.07, 6.45) is 0.384. The molecule has 1 amide bonds. The Bertz CT molecular complexity index is 855. The Hall–Kier alpha value is -2.96. The number of nitrogens with one attached hydrogen (secondary N) is 1. The summed E-state index contributed by atoms with van der Waals surface area (Å²) < 4.78 is 1.14. The molecule has 0 radical (unpaired) electrons. The van der Waals surface area contributed by atoms with Gasteiger partial charge in [-0.05, 0) is 43.5 Å². The van der Waals surface area contributed by atoms with Crippen LogP contribution >= 0.6 is 0 Å². The number of anilines is 1. The van der Waals surface area contributed by atoms with E-state index >= 15 is 0 Å². The molecule has 1 aromatic carbocycles. The summed E-state index contributed by atoms with van der Waals surface area (Å²) in [6.45, 7) is 3.42. The molecule has 0 spiro atoms. The van der Waals surface area contributed by atoms with Crippen LogP contribution in [0.5, 0.6) is 0 Å². The number of aliphatic carboxylic acids is 1. The van der Waals surface area contributed by atoms with Gasteiger partial charge in [0.2, 0.25) is 0 Å². The van der Waals surface area contributed by atoms with Crippen molar-refractivity contribution < 1.29 is 14.7 Å². The average Bonchev–Trinajstić information content (AvgIpc) is 2.51. The van der Waals surface area contributed by atoms with E-state index in [1.54, 1.807) is 38.1 Å². The highest BCUT2D eigenvalue weighted by Gasteiger charge is 2.18. The maximum atomic E-state index is 12.5. The van der Waals surface area contributed by atoms with E-state index in [4.69, 9.17) is 5.11 Å². The summed E-state index contributed by atoms with van der Waals surface area (Å²) in [5.41, 5.74) is 2.05. The number of amides is 1. The Labute approximate surface area is 138 Å². The highest BCUT2D eigenvalue weighted by molar-refractivity contribution is 6.05. The largest absolute Gasteiger partial charge is 0.481 e. The van der Waals surface area contributed by atoms with Crippen molar-refractivity contribution in [2.45, 2.75) is 26.7 Å². The second-order valence-electron chi connectivity index (χ2n) is 5.56. The standard InChI is InChI=1S/C17H19N3O4/c1-10-11(2)19-20(3)17(24)15(10)16(23)18-13-6-4-5-12(9-13)7-8-14(21)22/h4-6,9H,7-8H2,1-3H3,(H,18,23)(H,21,22). The van der Waals surface area contributed by atoms with Gasteiger partial charge in [0, 0.05) is 19.2 Å². The highest BCUT2D eigenvalue weighted by Crippen LogP contribution is 2.14. The number of carboxylic acid groups (broad SMARTS) is 1. The van der Waals surface area contributed by atoms with Gasteiger partial charge < -0.3 is 10.4 Å². The molecule has 0 aliphatic heterocycles. The molecule has 0 aliphatic rings. The summed E-state index contributed by atoms with van der Waals surface area (Å²) >= 11 is 0. The Balaban J connectivity index is 2.26. The van der Waals surface area contributed by atoms with Gasteiger partial charge in [0.25, 0.3) is 11.5 Å². The predicted octanol–water partition coefficient (Wildman–Crippen LogP) is 1.67. The number of benzene rings is 1. The number of rotatable bonds is 5. The van der Waals surface area contributed by atoms with E-state index in [1.165, 1.54) is 7.05 Å². The number of aryl methyl sites for hydroxylation is 3. The minimum atomic E-state index is -0.879. The highest BCUT2D eigenvalue weighted by atomic mass is 16.4. The lowest BCUT2D eigenvalue weighted by molar-refractivity contribution is -0.136. The predicted molar refractivity (Wildman–Crippen MR) is 89.3 cm³/mol. The lowest BCUT2D eigenvalue weighted by Crippen LogP contribution is -2.31. The van der Waals surface area contributed by atoms with E-state index in [9.17, 15) is 14.4 Å². The fourth-order valence-corrected chi connectivity index (χ4v) is 2.37. The first-order valence-electron chi connectivity index (χ1n) is 7.46. The molecule has 0 fully saturated rings. The first-order chi connectivity index (χ1) is 11.3. The zero-order valence-electron chi connectivity index (χ0n) is 13.8. The van der Waals surface area contributed by atoms with E-state index < -0.39 is 17.4 Å².